The number of aliphatic hydroxyl groups is 3. The van der Waals surface area contributed by atoms with E-state index < -0.39 is 30.6 Å². The summed E-state index contributed by atoms with van der Waals surface area (Å²) in [6.07, 6.45) is -1.90. The summed E-state index contributed by atoms with van der Waals surface area (Å²) in [5, 5.41) is 30.7. The molecule has 1 saturated heterocycles. The largest absolute Gasteiger partial charge is 0.390 e. The third-order valence-electron chi connectivity index (χ3n) is 4.03. The maximum absolute atomic E-state index is 10.3. The summed E-state index contributed by atoms with van der Waals surface area (Å²) in [6, 6.07) is 0. The zero-order chi connectivity index (χ0) is 16.7. The highest BCUT2D eigenvalue weighted by atomic mass is 16.6. The number of aromatic nitrogens is 4. The Bertz CT molecular complexity index is 691. The summed E-state index contributed by atoms with van der Waals surface area (Å²) >= 11 is 0. The van der Waals surface area contributed by atoms with Crippen molar-refractivity contribution >= 4 is 17.0 Å². The van der Waals surface area contributed by atoms with Crippen molar-refractivity contribution in [3.63, 3.8) is 0 Å². The second-order valence-electron chi connectivity index (χ2n) is 6.25. The fourth-order valence-corrected chi connectivity index (χ4v) is 2.91. The molecule has 0 saturated carbocycles. The molecule has 0 aromatic carbocycles. The molecular formula is C14H21N5O4. The molecule has 0 spiro atoms. The Hall–Kier alpha value is -1.81. The Morgan fingerprint density at radius 3 is 2.70 bits per heavy atom. The van der Waals surface area contributed by atoms with Gasteiger partial charge in [-0.25, -0.2) is 15.0 Å². The van der Waals surface area contributed by atoms with E-state index in [2.05, 4.69) is 15.0 Å². The lowest BCUT2D eigenvalue weighted by Crippen LogP contribution is -2.39. The van der Waals surface area contributed by atoms with Gasteiger partial charge in [0.05, 0.1) is 12.4 Å². The number of hydrogen-bond acceptors (Lipinski definition) is 8. The van der Waals surface area contributed by atoms with Crippen LogP contribution in [0.1, 0.15) is 26.5 Å². The lowest BCUT2D eigenvalue weighted by Gasteiger charge is -2.22. The van der Waals surface area contributed by atoms with Crippen molar-refractivity contribution in [1.29, 1.82) is 0 Å². The summed E-state index contributed by atoms with van der Waals surface area (Å²) < 4.78 is 7.20. The maximum Gasteiger partial charge on any atom is 0.167 e. The van der Waals surface area contributed by atoms with Gasteiger partial charge in [-0.3, -0.25) is 4.57 Å². The van der Waals surface area contributed by atoms with Crippen molar-refractivity contribution in [1.82, 2.24) is 19.5 Å². The highest BCUT2D eigenvalue weighted by molar-refractivity contribution is 5.81. The number of imidazole rings is 1. The number of aliphatic hydroxyl groups excluding tert-OH is 3. The lowest BCUT2D eigenvalue weighted by atomic mass is 9.98. The van der Waals surface area contributed by atoms with Gasteiger partial charge in [0.25, 0.3) is 0 Å². The van der Waals surface area contributed by atoms with Gasteiger partial charge in [0.15, 0.2) is 17.7 Å². The highest BCUT2D eigenvalue weighted by Gasteiger charge is 2.47. The molecule has 5 atom stereocenters. The second kappa shape index (κ2) is 6.00. The van der Waals surface area contributed by atoms with E-state index in [0.717, 1.165) is 0 Å². The molecule has 9 nitrogen and oxygen atoms in total. The van der Waals surface area contributed by atoms with Gasteiger partial charge in [-0.1, -0.05) is 13.8 Å². The Labute approximate surface area is 132 Å². The third-order valence-corrected chi connectivity index (χ3v) is 4.03. The van der Waals surface area contributed by atoms with Gasteiger partial charge < -0.3 is 25.8 Å². The minimum atomic E-state index is -1.21. The summed E-state index contributed by atoms with van der Waals surface area (Å²) in [6.45, 7) is 3.92. The Kier molecular flexibility index (Phi) is 4.19. The Morgan fingerprint density at radius 2 is 2.00 bits per heavy atom. The predicted octanol–water partition coefficient (Wildman–Crippen LogP) is -0.565. The van der Waals surface area contributed by atoms with Crippen molar-refractivity contribution in [2.45, 2.75) is 50.9 Å². The number of hydrogen-bond donors (Lipinski definition) is 4. The van der Waals surface area contributed by atoms with E-state index in [-0.39, 0.29) is 11.7 Å². The van der Waals surface area contributed by atoms with Crippen molar-refractivity contribution in [3.05, 3.63) is 12.7 Å². The van der Waals surface area contributed by atoms with Gasteiger partial charge in [0.1, 0.15) is 30.2 Å². The summed E-state index contributed by atoms with van der Waals surface area (Å²) in [5.41, 5.74) is 6.53. The van der Waals surface area contributed by atoms with Gasteiger partial charge in [-0.2, -0.15) is 0 Å². The monoisotopic (exact) mass is 323 g/mol. The van der Waals surface area contributed by atoms with Crippen LogP contribution in [0.4, 0.5) is 5.82 Å². The van der Waals surface area contributed by atoms with Gasteiger partial charge in [0, 0.05) is 0 Å². The van der Waals surface area contributed by atoms with Crippen molar-refractivity contribution in [2.75, 3.05) is 5.73 Å². The smallest absolute Gasteiger partial charge is 0.167 e. The number of ether oxygens (including phenoxy) is 1. The molecule has 1 aliphatic heterocycles. The molecule has 3 rings (SSSR count). The number of fused-ring (bicyclic) bond motifs is 1. The van der Waals surface area contributed by atoms with E-state index in [1.165, 1.54) is 17.2 Å². The first-order valence-corrected chi connectivity index (χ1v) is 7.52. The van der Waals surface area contributed by atoms with Crippen LogP contribution in [0, 0.1) is 5.92 Å². The van der Waals surface area contributed by atoms with Crippen LogP contribution in [0.15, 0.2) is 12.7 Å². The van der Waals surface area contributed by atoms with Crippen LogP contribution in [0.2, 0.25) is 0 Å². The lowest BCUT2D eigenvalue weighted by molar-refractivity contribution is -0.0881. The van der Waals surface area contributed by atoms with Crippen LogP contribution < -0.4 is 5.73 Å². The van der Waals surface area contributed by atoms with Crippen molar-refractivity contribution < 1.29 is 20.1 Å². The van der Waals surface area contributed by atoms with Crippen molar-refractivity contribution in [2.24, 2.45) is 5.92 Å². The molecule has 9 heteroatoms. The number of nitrogens with zero attached hydrogens (tertiary/aromatic N) is 4. The van der Waals surface area contributed by atoms with Crippen molar-refractivity contribution in [3.8, 4) is 0 Å². The number of nitrogens with two attached hydrogens (primary N) is 1. The minimum absolute atomic E-state index is 0.221. The fourth-order valence-electron chi connectivity index (χ4n) is 2.91. The molecule has 2 aromatic rings. The second-order valence-corrected chi connectivity index (χ2v) is 6.25. The minimum Gasteiger partial charge on any atom is -0.390 e. The summed E-state index contributed by atoms with van der Waals surface area (Å²) in [4.78, 5) is 12.1. The standard InChI is InChI=1S/C14H21N5O4/c1-6(2)3-7(20)11-9(21)10(22)14(23-11)19-5-18-8-12(15)16-4-17-13(8)19/h4-7,9-11,14,20-22H,3H2,1-2H3,(H2,15,16,17)/t7?,9-,10+,11+,14+/m0/s1. The van der Waals surface area contributed by atoms with Crippen LogP contribution in [-0.4, -0.2) is 59.3 Å². The maximum atomic E-state index is 10.3. The first kappa shape index (κ1) is 16.1. The zero-order valence-corrected chi connectivity index (χ0v) is 12.9. The van der Waals surface area contributed by atoms with E-state index in [1.54, 1.807) is 0 Å². The molecule has 1 aliphatic rings. The number of anilines is 1. The fraction of sp³-hybridized carbons (Fsp3) is 0.643. The van der Waals surface area contributed by atoms with E-state index in [1.807, 2.05) is 13.8 Å². The third kappa shape index (κ3) is 2.76. The van der Waals surface area contributed by atoms with Crippen LogP contribution in [0.3, 0.4) is 0 Å². The van der Waals surface area contributed by atoms with E-state index in [9.17, 15) is 15.3 Å². The average molecular weight is 323 g/mol. The zero-order valence-electron chi connectivity index (χ0n) is 12.9. The van der Waals surface area contributed by atoms with E-state index in [0.29, 0.717) is 17.6 Å². The molecule has 0 radical (unpaired) electrons. The molecule has 23 heavy (non-hydrogen) atoms. The first-order valence-electron chi connectivity index (χ1n) is 7.52. The van der Waals surface area contributed by atoms with Crippen LogP contribution in [0.5, 0.6) is 0 Å². The highest BCUT2D eigenvalue weighted by Crippen LogP contribution is 2.34. The topological polar surface area (TPSA) is 140 Å². The molecule has 3 heterocycles. The van der Waals surface area contributed by atoms with Crippen LogP contribution in [0.25, 0.3) is 11.2 Å². The average Bonchev–Trinajstić information content (AvgIpc) is 3.02. The van der Waals surface area contributed by atoms with Gasteiger partial charge in [-0.05, 0) is 12.3 Å². The first-order chi connectivity index (χ1) is 10.9. The van der Waals surface area contributed by atoms with E-state index >= 15 is 0 Å². The van der Waals surface area contributed by atoms with Crippen LogP contribution in [-0.2, 0) is 4.74 Å². The molecule has 0 amide bonds. The van der Waals surface area contributed by atoms with E-state index in [4.69, 9.17) is 10.5 Å². The van der Waals surface area contributed by atoms with Gasteiger partial charge >= 0.3 is 0 Å². The van der Waals surface area contributed by atoms with Gasteiger partial charge in [-0.15, -0.1) is 0 Å². The van der Waals surface area contributed by atoms with Crippen LogP contribution >= 0.6 is 0 Å². The Balaban J connectivity index is 1.89. The molecule has 0 aliphatic carbocycles. The molecule has 2 aromatic heterocycles. The molecule has 126 valence electrons. The summed E-state index contributed by atoms with van der Waals surface area (Å²) in [5.74, 6) is 0.455. The molecule has 5 N–H and O–H groups in total. The molecule has 0 bridgehead atoms. The molecule has 1 fully saturated rings. The Morgan fingerprint density at radius 1 is 1.26 bits per heavy atom. The summed E-state index contributed by atoms with van der Waals surface area (Å²) in [7, 11) is 0. The van der Waals surface area contributed by atoms with Gasteiger partial charge in [0.2, 0.25) is 0 Å². The molecule has 1 unspecified atom stereocenters. The molecular weight excluding hydrogens is 302 g/mol. The SMILES string of the molecule is CC(C)CC(O)[C@H]1O[C@@H](n2cnc3c(N)ncnc32)[C@H](O)[C@@H]1O. The predicted molar refractivity (Wildman–Crippen MR) is 81.1 cm³/mol. The quantitative estimate of drug-likeness (QED) is 0.587. The number of nitrogen functional groups attached to an aromatic ring is 1. The normalized spacial score (nSPS) is 29.5. The number of rotatable bonds is 4.